The number of carboxylic acids is 1. The van der Waals surface area contributed by atoms with Gasteiger partial charge < -0.3 is 30.8 Å². The number of ether oxygens (including phenoxy) is 1. The van der Waals surface area contributed by atoms with Crippen LogP contribution in [0.15, 0.2) is 41.0 Å². The topological polar surface area (TPSA) is 211 Å². The van der Waals surface area contributed by atoms with Crippen molar-refractivity contribution in [3.8, 4) is 0 Å². The van der Waals surface area contributed by atoms with Gasteiger partial charge in [-0.1, -0.05) is 5.16 Å². The number of aliphatic hydroxyl groups excluding tert-OH is 1. The molecule has 2 amide bonds. The number of fused-ring (bicyclic) bond motifs is 1. The third kappa shape index (κ3) is 6.98. The van der Waals surface area contributed by atoms with Crippen molar-refractivity contribution < 1.29 is 43.5 Å². The van der Waals surface area contributed by atoms with Gasteiger partial charge in [-0.15, -0.1) is 11.8 Å². The zero-order chi connectivity index (χ0) is 29.9. The molecule has 218 valence electrons. The Kier molecular flexibility index (Phi) is 8.89. The van der Waals surface area contributed by atoms with Crippen molar-refractivity contribution in [1.82, 2.24) is 19.6 Å². The molecule has 2 atom stereocenters. The Balaban J connectivity index is 1.49. The molecular formula is C24H28N7O8S2+. The molecule has 41 heavy (non-hydrogen) atoms. The third-order valence-electron chi connectivity index (χ3n) is 5.64. The van der Waals surface area contributed by atoms with Crippen molar-refractivity contribution in [3.05, 3.63) is 47.2 Å². The largest absolute Gasteiger partial charge is 0.477 e. The van der Waals surface area contributed by atoms with E-state index in [1.807, 2.05) is 0 Å². The highest BCUT2D eigenvalue weighted by Crippen LogP contribution is 2.40. The summed E-state index contributed by atoms with van der Waals surface area (Å²) in [5, 5.41) is 25.0. The highest BCUT2D eigenvalue weighted by Gasteiger charge is 2.55. The number of carbonyl (C=O) groups excluding carboxylic acids is 3. The summed E-state index contributed by atoms with van der Waals surface area (Å²) in [6.07, 6.45) is 3.42. The second-order valence-electron chi connectivity index (χ2n) is 9.92. The summed E-state index contributed by atoms with van der Waals surface area (Å²) in [6, 6.07) is 2.39. The molecule has 2 aromatic heterocycles. The van der Waals surface area contributed by atoms with Crippen molar-refractivity contribution in [3.63, 3.8) is 0 Å². The molecule has 2 aromatic rings. The quantitative estimate of drug-likeness (QED) is 0.0878. The van der Waals surface area contributed by atoms with E-state index < -0.39 is 53.1 Å². The van der Waals surface area contributed by atoms with Gasteiger partial charge in [0.2, 0.25) is 18.1 Å². The number of esters is 1. The van der Waals surface area contributed by atoms with Crippen LogP contribution in [0.3, 0.4) is 0 Å². The van der Waals surface area contributed by atoms with E-state index in [-0.39, 0.29) is 35.6 Å². The van der Waals surface area contributed by atoms with E-state index in [0.29, 0.717) is 11.1 Å². The number of hydrogen-bond acceptors (Lipinski definition) is 13. The average Bonchev–Trinajstić information content (AvgIpc) is 3.33. The van der Waals surface area contributed by atoms with Gasteiger partial charge in [-0.3, -0.25) is 14.5 Å². The van der Waals surface area contributed by atoms with Crippen LogP contribution in [0, 0.1) is 0 Å². The number of aliphatic hydroxyl groups is 1. The van der Waals surface area contributed by atoms with Gasteiger partial charge in [0.15, 0.2) is 24.1 Å². The van der Waals surface area contributed by atoms with Gasteiger partial charge in [0.1, 0.15) is 22.7 Å². The van der Waals surface area contributed by atoms with Crippen LogP contribution in [0.25, 0.3) is 0 Å². The highest BCUT2D eigenvalue weighted by atomic mass is 32.2. The third-order valence-corrected chi connectivity index (χ3v) is 7.52. The van der Waals surface area contributed by atoms with E-state index in [9.17, 15) is 29.4 Å². The number of nitrogens with two attached hydrogens (primary N) is 1. The molecule has 5 N–H and O–H groups in total. The number of carboxylic acid groups (broad SMARTS) is 1. The van der Waals surface area contributed by atoms with Crippen LogP contribution in [0.1, 0.15) is 32.2 Å². The zero-order valence-corrected chi connectivity index (χ0v) is 23.9. The van der Waals surface area contributed by atoms with Gasteiger partial charge >= 0.3 is 11.9 Å². The Hall–Kier alpha value is -4.09. The standard InChI is InChI=1S/C24H27N7O8S2/c1-24(2,3)39-14(33)10-38-28-15(18-27-23(25)41-29-18)19(34)26-16-20(35)31-17(22(36)37)13(11-40-21(16)31)8-30-6-4-5-12(7-30)9-32/h4-7,16,21,32H,8-11H2,1-3H3,(H3-,25,26,27,29,34,36,37)/p+1/b28-15-/t16?,21-/m1/s1. The lowest BCUT2D eigenvalue weighted by atomic mass is 10.0. The number of β-lactam (4-membered cyclic amide) rings is 1. The molecule has 4 heterocycles. The second-order valence-corrected chi connectivity index (χ2v) is 11.8. The molecular weight excluding hydrogens is 578 g/mol. The predicted octanol–water partition coefficient (Wildman–Crippen LogP) is -0.599. The molecule has 2 aliphatic heterocycles. The number of carbonyl (C=O) groups is 4. The SMILES string of the molecule is CC(C)(C)OC(=O)CO/N=C(\C(=O)NC1C(=O)N2C(C(=O)O)=C(C[n+]3cccc(CO)c3)CS[C@H]12)c1nsc(N)n1. The molecule has 1 fully saturated rings. The summed E-state index contributed by atoms with van der Waals surface area (Å²) >= 11 is 2.09. The number of amides is 2. The fourth-order valence-electron chi connectivity index (χ4n) is 4.04. The number of rotatable bonds is 10. The van der Waals surface area contributed by atoms with Gasteiger partial charge in [0, 0.05) is 34.5 Å². The van der Waals surface area contributed by atoms with Crippen LogP contribution in [0.2, 0.25) is 0 Å². The van der Waals surface area contributed by atoms with Crippen LogP contribution in [-0.2, 0) is 41.9 Å². The van der Waals surface area contributed by atoms with Crippen LogP contribution in [0.5, 0.6) is 0 Å². The molecule has 15 nitrogen and oxygen atoms in total. The Bertz CT molecular complexity index is 1430. The first-order valence-electron chi connectivity index (χ1n) is 12.2. The van der Waals surface area contributed by atoms with E-state index in [0.717, 1.165) is 16.4 Å². The first-order chi connectivity index (χ1) is 19.4. The van der Waals surface area contributed by atoms with Crippen molar-refractivity contribution in [2.24, 2.45) is 5.16 Å². The van der Waals surface area contributed by atoms with Gasteiger partial charge in [-0.2, -0.15) is 9.36 Å². The minimum absolute atomic E-state index is 0.0486. The lowest BCUT2D eigenvalue weighted by molar-refractivity contribution is -0.689. The monoisotopic (exact) mass is 606 g/mol. The molecule has 1 unspecified atom stereocenters. The first kappa shape index (κ1) is 29.9. The fourth-order valence-corrected chi connectivity index (χ4v) is 5.81. The smallest absolute Gasteiger partial charge is 0.352 e. The lowest BCUT2D eigenvalue weighted by Crippen LogP contribution is -2.71. The summed E-state index contributed by atoms with van der Waals surface area (Å²) in [5.74, 6) is -3.40. The van der Waals surface area contributed by atoms with E-state index >= 15 is 0 Å². The Morgan fingerprint density at radius 3 is 2.73 bits per heavy atom. The number of oxime groups is 1. The number of pyridine rings is 1. The highest BCUT2D eigenvalue weighted by molar-refractivity contribution is 8.00. The number of nitrogens with one attached hydrogen (secondary N) is 1. The molecule has 0 bridgehead atoms. The van der Waals surface area contributed by atoms with Crippen molar-refractivity contribution >= 4 is 57.9 Å². The Morgan fingerprint density at radius 2 is 2.10 bits per heavy atom. The van der Waals surface area contributed by atoms with E-state index in [1.165, 1.54) is 11.8 Å². The molecule has 17 heteroatoms. The van der Waals surface area contributed by atoms with Crippen LogP contribution in [0.4, 0.5) is 5.13 Å². The number of aromatic nitrogens is 3. The maximum absolute atomic E-state index is 13.2. The maximum atomic E-state index is 13.2. The van der Waals surface area contributed by atoms with Gasteiger partial charge in [-0.05, 0) is 26.8 Å². The second kappa shape index (κ2) is 12.2. The molecule has 0 spiro atoms. The summed E-state index contributed by atoms with van der Waals surface area (Å²) in [5.41, 5.74) is 5.45. The zero-order valence-electron chi connectivity index (χ0n) is 22.3. The Labute approximate surface area is 242 Å². The summed E-state index contributed by atoms with van der Waals surface area (Å²) in [4.78, 5) is 60.6. The van der Waals surface area contributed by atoms with E-state index in [4.69, 9.17) is 15.3 Å². The van der Waals surface area contributed by atoms with Crippen molar-refractivity contribution in [2.75, 3.05) is 18.1 Å². The summed E-state index contributed by atoms with van der Waals surface area (Å²) < 4.78 is 10.8. The molecule has 2 aliphatic rings. The first-order valence-corrected chi connectivity index (χ1v) is 14.0. The number of nitrogens with zero attached hydrogens (tertiary/aromatic N) is 5. The minimum atomic E-state index is -1.28. The van der Waals surface area contributed by atoms with E-state index in [2.05, 4.69) is 19.8 Å². The number of nitrogen functional groups attached to an aromatic ring is 1. The summed E-state index contributed by atoms with van der Waals surface area (Å²) in [7, 11) is 0. The predicted molar refractivity (Wildman–Crippen MR) is 145 cm³/mol. The molecule has 4 rings (SSSR count). The Morgan fingerprint density at radius 1 is 1.34 bits per heavy atom. The molecule has 1 saturated heterocycles. The molecule has 0 saturated carbocycles. The average molecular weight is 607 g/mol. The van der Waals surface area contributed by atoms with Gasteiger partial charge in [0.25, 0.3) is 11.8 Å². The van der Waals surface area contributed by atoms with Gasteiger partial charge in [0.05, 0.1) is 6.61 Å². The van der Waals surface area contributed by atoms with Gasteiger partial charge in [-0.25, -0.2) is 14.2 Å². The minimum Gasteiger partial charge on any atom is -0.477 e. The normalized spacial score (nSPS) is 18.9. The van der Waals surface area contributed by atoms with E-state index in [1.54, 1.807) is 49.9 Å². The summed E-state index contributed by atoms with van der Waals surface area (Å²) in [6.45, 7) is 4.46. The molecule has 0 aliphatic carbocycles. The number of thioether (sulfide) groups is 1. The van der Waals surface area contributed by atoms with Crippen molar-refractivity contribution in [1.29, 1.82) is 0 Å². The van der Waals surface area contributed by atoms with Crippen molar-refractivity contribution in [2.45, 2.75) is 50.9 Å². The number of hydrogen-bond donors (Lipinski definition) is 4. The number of aliphatic carboxylic acids is 1. The maximum Gasteiger partial charge on any atom is 0.352 e. The van der Waals surface area contributed by atoms with Crippen LogP contribution < -0.4 is 15.6 Å². The van der Waals surface area contributed by atoms with Crippen LogP contribution in [-0.4, -0.2) is 83.3 Å². The fraction of sp³-hybridized carbons (Fsp3) is 0.417. The molecule has 0 radical (unpaired) electrons. The lowest BCUT2D eigenvalue weighted by Gasteiger charge is -2.49. The number of anilines is 1. The van der Waals surface area contributed by atoms with Crippen LogP contribution >= 0.6 is 23.3 Å². The molecule has 0 aromatic carbocycles.